The molecule has 0 bridgehead atoms. The molecule has 3 aromatic rings. The second-order valence-electron chi connectivity index (χ2n) is 9.43. The Hall–Kier alpha value is -3.25. The maximum absolute atomic E-state index is 10.8. The van der Waals surface area contributed by atoms with Crippen LogP contribution in [-0.2, 0) is 9.53 Å². The van der Waals surface area contributed by atoms with Gasteiger partial charge in [-0.15, -0.1) is 0 Å². The van der Waals surface area contributed by atoms with Crippen LogP contribution in [0.4, 0.5) is 11.6 Å². The van der Waals surface area contributed by atoms with E-state index in [1.165, 1.54) is 6.33 Å². The van der Waals surface area contributed by atoms with Crippen molar-refractivity contribution >= 4 is 40.4 Å². The average molecular weight is 557 g/mol. The zero-order valence-corrected chi connectivity index (χ0v) is 22.7. The number of hydrogen-bond acceptors (Lipinski definition) is 11. The molecule has 2 aromatic heterocycles. The minimum Gasteiger partial charge on any atom is -0.492 e. The molecule has 2 aliphatic heterocycles. The number of nitrogens with one attached hydrogen (secondary N) is 1. The fourth-order valence-electron chi connectivity index (χ4n) is 4.71. The first-order valence-corrected chi connectivity index (χ1v) is 13.5. The molecule has 1 N–H and O–H groups in total. The number of rotatable bonds is 11. The van der Waals surface area contributed by atoms with E-state index >= 15 is 0 Å². The third-order valence-corrected chi connectivity index (χ3v) is 7.18. The summed E-state index contributed by atoms with van der Waals surface area (Å²) in [7, 11) is 1.55. The number of pyridine rings is 1. The molecule has 0 unspecified atom stereocenters. The van der Waals surface area contributed by atoms with Crippen LogP contribution in [0.1, 0.15) is 12.8 Å². The van der Waals surface area contributed by atoms with E-state index in [4.69, 9.17) is 30.5 Å². The first-order chi connectivity index (χ1) is 19.1. The van der Waals surface area contributed by atoms with Gasteiger partial charge in [0.2, 0.25) is 5.88 Å². The molecule has 39 heavy (non-hydrogen) atoms. The van der Waals surface area contributed by atoms with Gasteiger partial charge in [0.05, 0.1) is 42.8 Å². The van der Waals surface area contributed by atoms with Gasteiger partial charge < -0.3 is 29.1 Å². The molecule has 0 aliphatic carbocycles. The third-order valence-electron chi connectivity index (χ3n) is 6.88. The van der Waals surface area contributed by atoms with E-state index in [0.717, 1.165) is 51.9 Å². The SMILES string of the molecule is COc1ccc(Cl)c(Nc2ncnc3cc(OCCN4CCN(CC=O)CC4)cc(OC4CCOCC4)c23)n1. The highest BCUT2D eigenvalue weighted by molar-refractivity contribution is 6.33. The minimum atomic E-state index is 0.00597. The van der Waals surface area contributed by atoms with Crippen LogP contribution in [-0.4, -0.2) is 103 Å². The zero-order valence-electron chi connectivity index (χ0n) is 22.0. The van der Waals surface area contributed by atoms with Gasteiger partial charge in [0.1, 0.15) is 42.6 Å². The molecule has 2 saturated heterocycles. The fraction of sp³-hybridized carbons (Fsp3) is 0.481. The molecular formula is C27H33ClN6O5. The Kier molecular flexibility index (Phi) is 9.25. The molecule has 2 fully saturated rings. The predicted molar refractivity (Wildman–Crippen MR) is 148 cm³/mol. The topological polar surface area (TPSA) is 111 Å². The monoisotopic (exact) mass is 556 g/mol. The fourth-order valence-corrected chi connectivity index (χ4v) is 4.86. The van der Waals surface area contributed by atoms with Crippen molar-refractivity contribution in [1.29, 1.82) is 0 Å². The Bertz CT molecular complexity index is 1270. The van der Waals surface area contributed by atoms with Crippen LogP contribution in [0.5, 0.6) is 17.4 Å². The van der Waals surface area contributed by atoms with Crippen LogP contribution in [0.15, 0.2) is 30.6 Å². The molecule has 0 saturated carbocycles. The highest BCUT2D eigenvalue weighted by Gasteiger charge is 2.21. The molecule has 11 nitrogen and oxygen atoms in total. The number of benzene rings is 1. The molecule has 0 amide bonds. The van der Waals surface area contributed by atoms with Crippen molar-refractivity contribution in [2.75, 3.05) is 71.5 Å². The summed E-state index contributed by atoms with van der Waals surface area (Å²) in [6.07, 6.45) is 4.04. The van der Waals surface area contributed by atoms with Crippen LogP contribution in [0.25, 0.3) is 10.9 Å². The van der Waals surface area contributed by atoms with E-state index in [1.54, 1.807) is 19.2 Å². The highest BCUT2D eigenvalue weighted by Crippen LogP contribution is 2.37. The molecule has 2 aliphatic rings. The van der Waals surface area contributed by atoms with Gasteiger partial charge in [-0.3, -0.25) is 9.80 Å². The summed E-state index contributed by atoms with van der Waals surface area (Å²) in [6.45, 7) is 6.72. The van der Waals surface area contributed by atoms with Crippen LogP contribution < -0.4 is 19.5 Å². The summed E-state index contributed by atoms with van der Waals surface area (Å²) < 4.78 is 23.4. The second kappa shape index (κ2) is 13.2. The van der Waals surface area contributed by atoms with Gasteiger partial charge >= 0.3 is 0 Å². The first kappa shape index (κ1) is 27.3. The number of aromatic nitrogens is 3. The van der Waals surface area contributed by atoms with E-state index in [9.17, 15) is 4.79 Å². The second-order valence-corrected chi connectivity index (χ2v) is 9.84. The normalized spacial score (nSPS) is 17.2. The van der Waals surface area contributed by atoms with E-state index in [0.29, 0.717) is 71.3 Å². The van der Waals surface area contributed by atoms with Crippen molar-refractivity contribution in [3.63, 3.8) is 0 Å². The molecule has 5 rings (SSSR count). The highest BCUT2D eigenvalue weighted by atomic mass is 35.5. The number of carbonyl (C=O) groups is 1. The number of anilines is 2. The van der Waals surface area contributed by atoms with E-state index < -0.39 is 0 Å². The molecular weight excluding hydrogens is 524 g/mol. The van der Waals surface area contributed by atoms with Crippen LogP contribution in [0, 0.1) is 0 Å². The number of nitrogens with zero attached hydrogens (tertiary/aromatic N) is 5. The number of aldehydes is 1. The van der Waals surface area contributed by atoms with Crippen LogP contribution >= 0.6 is 11.6 Å². The molecule has 4 heterocycles. The molecule has 0 radical (unpaired) electrons. The van der Waals surface area contributed by atoms with Gasteiger partial charge in [-0.2, -0.15) is 4.98 Å². The Morgan fingerprint density at radius 3 is 2.67 bits per heavy atom. The zero-order chi connectivity index (χ0) is 27.0. The van der Waals surface area contributed by atoms with Gasteiger partial charge in [0.15, 0.2) is 5.82 Å². The lowest BCUT2D eigenvalue weighted by atomic mass is 10.1. The summed E-state index contributed by atoms with van der Waals surface area (Å²) in [5.41, 5.74) is 0.675. The Labute approximate surface area is 232 Å². The van der Waals surface area contributed by atoms with E-state index in [-0.39, 0.29) is 6.10 Å². The van der Waals surface area contributed by atoms with Crippen molar-refractivity contribution in [1.82, 2.24) is 24.8 Å². The summed E-state index contributed by atoms with van der Waals surface area (Å²) in [5.74, 6) is 2.66. The van der Waals surface area contributed by atoms with Crippen LogP contribution in [0.2, 0.25) is 5.02 Å². The summed E-state index contributed by atoms with van der Waals surface area (Å²) in [6, 6.07) is 7.20. The smallest absolute Gasteiger partial charge is 0.214 e. The van der Waals surface area contributed by atoms with Gasteiger partial charge in [0.25, 0.3) is 0 Å². The average Bonchev–Trinajstić information content (AvgIpc) is 2.96. The number of carbonyl (C=O) groups excluding carboxylic acids is 1. The maximum atomic E-state index is 10.8. The van der Waals surface area contributed by atoms with Gasteiger partial charge in [-0.1, -0.05) is 11.6 Å². The Morgan fingerprint density at radius 2 is 1.90 bits per heavy atom. The first-order valence-electron chi connectivity index (χ1n) is 13.1. The van der Waals surface area contributed by atoms with Gasteiger partial charge in [0, 0.05) is 63.8 Å². The summed E-state index contributed by atoms with van der Waals surface area (Å²) in [5, 5.41) is 4.38. The van der Waals surface area contributed by atoms with Crippen molar-refractivity contribution in [2.24, 2.45) is 0 Å². The summed E-state index contributed by atoms with van der Waals surface area (Å²) >= 11 is 6.41. The third kappa shape index (κ3) is 7.04. The number of fused-ring (bicyclic) bond motifs is 1. The largest absolute Gasteiger partial charge is 0.492 e. The standard InChI is InChI=1S/C27H33ClN6O5/c1-36-24-3-2-21(28)26(31-24)32-27-25-22(29-18-30-27)16-20(17-23(25)39-19-4-13-37-14-5-19)38-15-11-34-8-6-33(7-9-34)10-12-35/h2-3,12,16-19H,4-11,13-15H2,1H3,(H,29,30,31,32). The number of halogens is 1. The number of methoxy groups -OCH3 is 1. The van der Waals surface area contributed by atoms with Crippen molar-refractivity contribution in [2.45, 2.75) is 18.9 Å². The number of piperazine rings is 1. The Morgan fingerprint density at radius 1 is 1.10 bits per heavy atom. The Balaban J connectivity index is 1.37. The minimum absolute atomic E-state index is 0.00597. The van der Waals surface area contributed by atoms with Crippen molar-refractivity contribution in [3.05, 3.63) is 35.6 Å². The van der Waals surface area contributed by atoms with E-state index in [1.807, 2.05) is 12.1 Å². The lowest BCUT2D eigenvalue weighted by molar-refractivity contribution is -0.109. The maximum Gasteiger partial charge on any atom is 0.214 e. The van der Waals surface area contributed by atoms with Gasteiger partial charge in [-0.05, 0) is 6.07 Å². The van der Waals surface area contributed by atoms with Crippen molar-refractivity contribution < 1.29 is 23.7 Å². The number of ether oxygens (including phenoxy) is 4. The lowest BCUT2D eigenvalue weighted by Crippen LogP contribution is -2.47. The summed E-state index contributed by atoms with van der Waals surface area (Å²) in [4.78, 5) is 28.7. The molecule has 0 atom stereocenters. The van der Waals surface area contributed by atoms with E-state index in [2.05, 4.69) is 30.1 Å². The van der Waals surface area contributed by atoms with Crippen LogP contribution in [0.3, 0.4) is 0 Å². The van der Waals surface area contributed by atoms with Crippen molar-refractivity contribution in [3.8, 4) is 17.4 Å². The lowest BCUT2D eigenvalue weighted by Gasteiger charge is -2.33. The predicted octanol–water partition coefficient (Wildman–Crippen LogP) is 3.18. The molecule has 12 heteroatoms. The number of hydrogen-bond donors (Lipinski definition) is 1. The quantitative estimate of drug-likeness (QED) is 0.351. The molecule has 0 spiro atoms. The van der Waals surface area contributed by atoms with Gasteiger partial charge in [-0.25, -0.2) is 9.97 Å². The molecule has 208 valence electrons. The molecule has 1 aromatic carbocycles.